The number of rotatable bonds is 3. The molecule has 1 aliphatic heterocycles. The smallest absolute Gasteiger partial charge is 0.241 e. The van der Waals surface area contributed by atoms with Crippen LogP contribution in [0.25, 0.3) is 10.9 Å². The van der Waals surface area contributed by atoms with Crippen LogP contribution in [-0.4, -0.2) is 32.5 Å². The molecule has 1 saturated heterocycles. The molecule has 21 heavy (non-hydrogen) atoms. The lowest BCUT2D eigenvalue weighted by molar-refractivity contribution is 0.566. The summed E-state index contributed by atoms with van der Waals surface area (Å²) in [6.07, 6.45) is 1.67. The monoisotopic (exact) mass is 325 g/mol. The largest absolute Gasteiger partial charge is 0.316 e. The number of benzene rings is 1. The Balaban J connectivity index is 0.00000132. The van der Waals surface area contributed by atoms with E-state index < -0.39 is 10.0 Å². The molecule has 0 amide bonds. The molecule has 1 aromatic heterocycles. The van der Waals surface area contributed by atoms with Crippen molar-refractivity contribution in [3.8, 4) is 0 Å². The van der Waals surface area contributed by atoms with Crippen LogP contribution in [0.3, 0.4) is 0 Å². The Kier molecular flexibility index (Phi) is 3.65. The molecule has 4 rings (SSSR count). The number of hydrogen-bond acceptors (Lipinski definition) is 4. The molecule has 0 radical (unpaired) electrons. The van der Waals surface area contributed by atoms with Crippen molar-refractivity contribution in [2.45, 2.75) is 10.9 Å². The first-order valence-corrected chi connectivity index (χ1v) is 8.22. The number of pyridine rings is 1. The van der Waals surface area contributed by atoms with Crippen molar-refractivity contribution >= 4 is 33.3 Å². The molecule has 2 aromatic rings. The first kappa shape index (κ1) is 14.7. The van der Waals surface area contributed by atoms with Gasteiger partial charge < -0.3 is 5.32 Å². The van der Waals surface area contributed by atoms with Crippen LogP contribution in [0.4, 0.5) is 0 Å². The quantitative estimate of drug-likeness (QED) is 0.888. The first-order valence-electron chi connectivity index (χ1n) is 6.74. The highest BCUT2D eigenvalue weighted by atomic mass is 35.5. The van der Waals surface area contributed by atoms with Crippen LogP contribution in [0, 0.1) is 11.8 Å². The van der Waals surface area contributed by atoms with Gasteiger partial charge in [-0.2, -0.15) is 0 Å². The summed E-state index contributed by atoms with van der Waals surface area (Å²) >= 11 is 0. The number of nitrogens with zero attached hydrogens (tertiary/aromatic N) is 1. The van der Waals surface area contributed by atoms with Crippen molar-refractivity contribution < 1.29 is 8.42 Å². The molecular formula is C14H16ClN3O2S. The summed E-state index contributed by atoms with van der Waals surface area (Å²) in [7, 11) is -3.48. The van der Waals surface area contributed by atoms with Crippen molar-refractivity contribution in [2.24, 2.45) is 11.8 Å². The fraction of sp³-hybridized carbons (Fsp3) is 0.357. The van der Waals surface area contributed by atoms with Crippen molar-refractivity contribution in [3.05, 3.63) is 36.5 Å². The average molecular weight is 326 g/mol. The number of fused-ring (bicyclic) bond motifs is 2. The lowest BCUT2D eigenvalue weighted by Gasteiger charge is -2.10. The summed E-state index contributed by atoms with van der Waals surface area (Å²) in [6.45, 7) is 1.82. The van der Waals surface area contributed by atoms with Gasteiger partial charge in [-0.15, -0.1) is 12.4 Å². The minimum absolute atomic E-state index is 0. The van der Waals surface area contributed by atoms with Crippen LogP contribution in [0.5, 0.6) is 0 Å². The second-order valence-electron chi connectivity index (χ2n) is 5.46. The second-order valence-corrected chi connectivity index (χ2v) is 7.14. The summed E-state index contributed by atoms with van der Waals surface area (Å²) in [5, 5.41) is 3.93. The molecule has 0 spiro atoms. The number of halogens is 1. The molecule has 7 heteroatoms. The van der Waals surface area contributed by atoms with Gasteiger partial charge in [0.05, 0.1) is 10.4 Å². The van der Waals surface area contributed by atoms with E-state index in [4.69, 9.17) is 0 Å². The van der Waals surface area contributed by atoms with Gasteiger partial charge in [0, 0.05) is 17.6 Å². The first-order chi connectivity index (χ1) is 9.67. The molecule has 2 heterocycles. The molecule has 1 aromatic carbocycles. The van der Waals surface area contributed by atoms with E-state index in [1.165, 1.54) is 0 Å². The van der Waals surface area contributed by atoms with Gasteiger partial charge >= 0.3 is 0 Å². The Morgan fingerprint density at radius 2 is 1.90 bits per heavy atom. The topological polar surface area (TPSA) is 71.1 Å². The van der Waals surface area contributed by atoms with Crippen molar-refractivity contribution in [1.29, 1.82) is 0 Å². The number of aromatic nitrogens is 1. The summed E-state index contributed by atoms with van der Waals surface area (Å²) in [4.78, 5) is 4.53. The van der Waals surface area contributed by atoms with Gasteiger partial charge in [0.25, 0.3) is 0 Å². The van der Waals surface area contributed by atoms with E-state index in [0.717, 1.165) is 13.1 Å². The lowest BCUT2D eigenvalue weighted by atomic mass is 10.2. The Hall–Kier alpha value is -1.21. The fourth-order valence-electron chi connectivity index (χ4n) is 3.15. The van der Waals surface area contributed by atoms with Gasteiger partial charge in [-0.25, -0.2) is 13.1 Å². The van der Waals surface area contributed by atoms with E-state index >= 15 is 0 Å². The van der Waals surface area contributed by atoms with E-state index in [-0.39, 0.29) is 18.4 Å². The average Bonchev–Trinajstić information content (AvgIpc) is 2.89. The molecule has 5 nitrogen and oxygen atoms in total. The minimum atomic E-state index is -3.48. The number of piperidine rings is 1. The van der Waals surface area contributed by atoms with Gasteiger partial charge in [0.1, 0.15) is 0 Å². The second kappa shape index (κ2) is 5.21. The van der Waals surface area contributed by atoms with Crippen molar-refractivity contribution in [2.75, 3.05) is 13.1 Å². The van der Waals surface area contributed by atoms with Crippen LogP contribution >= 0.6 is 12.4 Å². The standard InChI is InChI=1S/C14H15N3O2S.ClH/c18-20(19,17-14-10-7-15-8-11(10)14)13-5-1-4-12-9(13)3-2-6-16-12;/h1-6,10-11,14-15,17H,7-8H2;1H. The maximum absolute atomic E-state index is 12.6. The zero-order valence-electron chi connectivity index (χ0n) is 11.2. The molecule has 0 bridgehead atoms. The fourth-order valence-corrected chi connectivity index (χ4v) is 4.70. The molecule has 2 unspecified atom stereocenters. The molecule has 2 N–H and O–H groups in total. The Labute approximate surface area is 129 Å². The van der Waals surface area contributed by atoms with Crippen molar-refractivity contribution in [1.82, 2.24) is 15.0 Å². The van der Waals surface area contributed by atoms with E-state index in [2.05, 4.69) is 15.0 Å². The number of sulfonamides is 1. The normalized spacial score (nSPS) is 27.1. The van der Waals surface area contributed by atoms with Crippen molar-refractivity contribution in [3.63, 3.8) is 0 Å². The predicted molar refractivity (Wildman–Crippen MR) is 83.0 cm³/mol. The van der Waals surface area contributed by atoms with Crippen LogP contribution < -0.4 is 10.0 Å². The molecular weight excluding hydrogens is 310 g/mol. The molecule has 2 fully saturated rings. The third-order valence-corrected chi connectivity index (χ3v) is 5.80. The van der Waals surface area contributed by atoms with Gasteiger partial charge in [0.15, 0.2) is 0 Å². The highest BCUT2D eigenvalue weighted by Gasteiger charge is 2.54. The SMILES string of the molecule is Cl.O=S(=O)(NC1C2CNCC21)c1cccc2ncccc12. The van der Waals surface area contributed by atoms with E-state index in [9.17, 15) is 8.42 Å². The van der Waals surface area contributed by atoms with E-state index in [0.29, 0.717) is 27.6 Å². The molecule has 1 saturated carbocycles. The molecule has 112 valence electrons. The lowest BCUT2D eigenvalue weighted by Crippen LogP contribution is -2.32. The number of nitrogens with one attached hydrogen (secondary N) is 2. The van der Waals surface area contributed by atoms with Crippen LogP contribution in [0.15, 0.2) is 41.4 Å². The maximum Gasteiger partial charge on any atom is 0.241 e. The highest BCUT2D eigenvalue weighted by Crippen LogP contribution is 2.42. The predicted octanol–water partition coefficient (Wildman–Crippen LogP) is 1.15. The van der Waals surface area contributed by atoms with E-state index in [1.807, 2.05) is 6.07 Å². The third-order valence-electron chi connectivity index (χ3n) is 4.28. The Morgan fingerprint density at radius 1 is 1.14 bits per heavy atom. The summed E-state index contributed by atoms with van der Waals surface area (Å²) in [5.41, 5.74) is 0.702. The van der Waals surface area contributed by atoms with Gasteiger partial charge in [-0.3, -0.25) is 4.98 Å². The minimum Gasteiger partial charge on any atom is -0.316 e. The Morgan fingerprint density at radius 3 is 2.67 bits per heavy atom. The summed E-state index contributed by atoms with van der Waals surface area (Å²) < 4.78 is 28.0. The highest BCUT2D eigenvalue weighted by molar-refractivity contribution is 7.89. The Bertz CT molecular complexity index is 765. The van der Waals surface area contributed by atoms with Gasteiger partial charge in [-0.1, -0.05) is 6.07 Å². The molecule has 1 aliphatic carbocycles. The van der Waals surface area contributed by atoms with Crippen LogP contribution in [-0.2, 0) is 10.0 Å². The van der Waals surface area contributed by atoms with Crippen LogP contribution in [0.2, 0.25) is 0 Å². The molecule has 2 aliphatic rings. The van der Waals surface area contributed by atoms with Gasteiger partial charge in [-0.05, 0) is 49.2 Å². The molecule has 2 atom stereocenters. The zero-order chi connectivity index (χ0) is 13.7. The maximum atomic E-state index is 12.6. The van der Waals surface area contributed by atoms with Gasteiger partial charge in [0.2, 0.25) is 10.0 Å². The number of hydrogen-bond donors (Lipinski definition) is 2. The van der Waals surface area contributed by atoms with Crippen LogP contribution in [0.1, 0.15) is 0 Å². The summed E-state index contributed by atoms with van der Waals surface area (Å²) in [6, 6.07) is 8.85. The summed E-state index contributed by atoms with van der Waals surface area (Å²) in [5.74, 6) is 0.913. The third kappa shape index (κ3) is 2.42. The van der Waals surface area contributed by atoms with E-state index in [1.54, 1.807) is 30.5 Å². The zero-order valence-corrected chi connectivity index (χ0v) is 12.8.